The lowest BCUT2D eigenvalue weighted by Crippen LogP contribution is -2.54. The van der Waals surface area contributed by atoms with E-state index in [1.807, 2.05) is 0 Å². The molecule has 0 heterocycles. The van der Waals surface area contributed by atoms with Gasteiger partial charge in [0.1, 0.15) is 0 Å². The van der Waals surface area contributed by atoms with Crippen molar-refractivity contribution in [1.82, 2.24) is 5.32 Å². The Balaban J connectivity index is 2.75. The van der Waals surface area contributed by atoms with Gasteiger partial charge in [-0.3, -0.25) is 4.21 Å². The van der Waals surface area contributed by atoms with Crippen molar-refractivity contribution in [1.29, 1.82) is 0 Å². The molecule has 1 aliphatic carbocycles. The summed E-state index contributed by atoms with van der Waals surface area (Å²) in [4.78, 5) is 0. The molecule has 1 fully saturated rings. The van der Waals surface area contributed by atoms with E-state index < -0.39 is 10.8 Å². The molecule has 3 atom stereocenters. The van der Waals surface area contributed by atoms with Gasteiger partial charge in [0.05, 0.1) is 5.25 Å². The number of hydrogen-bond acceptors (Lipinski definition) is 2. The fourth-order valence-electron chi connectivity index (χ4n) is 3.03. The van der Waals surface area contributed by atoms with E-state index in [1.54, 1.807) is 0 Å². The molecule has 0 amide bonds. The van der Waals surface area contributed by atoms with E-state index in [0.717, 1.165) is 25.1 Å². The summed E-state index contributed by atoms with van der Waals surface area (Å²) in [5.41, 5.74) is 0.282. The lowest BCUT2D eigenvalue weighted by atomic mass is 9.73. The van der Waals surface area contributed by atoms with Crippen LogP contribution < -0.4 is 5.32 Å². The zero-order chi connectivity index (χ0) is 13.8. The van der Waals surface area contributed by atoms with E-state index in [1.165, 1.54) is 12.8 Å². The molecule has 2 nitrogen and oxygen atoms in total. The average Bonchev–Trinajstić information content (AvgIpc) is 2.25. The topological polar surface area (TPSA) is 29.1 Å². The normalized spacial score (nSPS) is 29.4. The summed E-state index contributed by atoms with van der Waals surface area (Å²) in [7, 11) is -0.679. The monoisotopic (exact) mass is 273 g/mol. The quantitative estimate of drug-likeness (QED) is 0.804. The molecule has 0 bridgehead atoms. The lowest BCUT2D eigenvalue weighted by molar-refractivity contribution is 0.173. The third-order valence-corrected chi connectivity index (χ3v) is 6.15. The summed E-state index contributed by atoms with van der Waals surface area (Å²) in [6.07, 6.45) is 4.76. The zero-order valence-electron chi connectivity index (χ0n) is 12.8. The second-order valence-corrected chi connectivity index (χ2v) is 8.49. The van der Waals surface area contributed by atoms with E-state index in [9.17, 15) is 4.21 Å². The predicted octanol–water partition coefficient (Wildman–Crippen LogP) is 3.34. The van der Waals surface area contributed by atoms with Gasteiger partial charge in [0.15, 0.2) is 0 Å². The molecule has 18 heavy (non-hydrogen) atoms. The molecule has 0 aromatic heterocycles. The van der Waals surface area contributed by atoms with E-state index in [-0.39, 0.29) is 5.41 Å². The van der Waals surface area contributed by atoms with Gasteiger partial charge in [0, 0.05) is 22.6 Å². The minimum absolute atomic E-state index is 0.282. The van der Waals surface area contributed by atoms with Crippen molar-refractivity contribution in [2.75, 3.05) is 12.3 Å². The Kier molecular flexibility index (Phi) is 6.32. The van der Waals surface area contributed by atoms with Crippen LogP contribution in [0.15, 0.2) is 0 Å². The van der Waals surface area contributed by atoms with Gasteiger partial charge in [-0.25, -0.2) is 0 Å². The fraction of sp³-hybridized carbons (Fsp3) is 1.00. The molecule has 3 heteroatoms. The Morgan fingerprint density at radius 2 is 2.06 bits per heavy atom. The maximum Gasteiger partial charge on any atom is 0.0506 e. The van der Waals surface area contributed by atoms with E-state index in [2.05, 4.69) is 39.9 Å². The summed E-state index contributed by atoms with van der Waals surface area (Å²) in [6, 6.07) is 0.422. The highest BCUT2D eigenvalue weighted by molar-refractivity contribution is 7.85. The molecule has 1 saturated carbocycles. The predicted molar refractivity (Wildman–Crippen MR) is 81.3 cm³/mol. The lowest BCUT2D eigenvalue weighted by Gasteiger charge is -2.44. The number of rotatable bonds is 6. The standard InChI is InChI=1S/C15H31NOS/c1-6-10-16-14-13(18(17)11-12(2)3)8-7-9-15(14,4)5/h12-14,16H,6-11H2,1-5H3. The first-order valence-corrected chi connectivity index (χ1v) is 8.87. The van der Waals surface area contributed by atoms with Crippen molar-refractivity contribution in [3.8, 4) is 0 Å². The molecule has 1 N–H and O–H groups in total. The Morgan fingerprint density at radius 1 is 1.39 bits per heavy atom. The maximum absolute atomic E-state index is 12.5. The van der Waals surface area contributed by atoms with Gasteiger partial charge in [-0.05, 0) is 37.1 Å². The van der Waals surface area contributed by atoms with Gasteiger partial charge < -0.3 is 5.32 Å². The van der Waals surface area contributed by atoms with Crippen LogP contribution in [0.4, 0.5) is 0 Å². The van der Waals surface area contributed by atoms with Gasteiger partial charge in [-0.15, -0.1) is 0 Å². The second kappa shape index (κ2) is 7.04. The zero-order valence-corrected chi connectivity index (χ0v) is 13.6. The first-order valence-electron chi connectivity index (χ1n) is 7.49. The van der Waals surface area contributed by atoms with Crippen molar-refractivity contribution < 1.29 is 4.21 Å². The summed E-state index contributed by atoms with van der Waals surface area (Å²) in [6.45, 7) is 12.2. The van der Waals surface area contributed by atoms with Gasteiger partial charge in [-0.2, -0.15) is 0 Å². The van der Waals surface area contributed by atoms with E-state index in [0.29, 0.717) is 17.2 Å². The van der Waals surface area contributed by atoms with Crippen molar-refractivity contribution in [3.63, 3.8) is 0 Å². The van der Waals surface area contributed by atoms with Crippen LogP contribution in [0.5, 0.6) is 0 Å². The van der Waals surface area contributed by atoms with Crippen LogP contribution in [0.25, 0.3) is 0 Å². The molecule has 0 spiro atoms. The van der Waals surface area contributed by atoms with Crippen LogP contribution in [0.3, 0.4) is 0 Å². The Labute approximate surface area is 116 Å². The van der Waals surface area contributed by atoms with Crippen LogP contribution in [0, 0.1) is 11.3 Å². The SMILES string of the molecule is CCCNC1C(S(=O)CC(C)C)CCCC1(C)C. The molecule has 0 aliphatic heterocycles. The number of hydrogen-bond donors (Lipinski definition) is 1. The minimum atomic E-state index is -0.679. The molecule has 0 radical (unpaired) electrons. The summed E-state index contributed by atoms with van der Waals surface area (Å²) in [5, 5.41) is 4.02. The highest BCUT2D eigenvalue weighted by atomic mass is 32.2. The smallest absolute Gasteiger partial charge is 0.0506 e. The van der Waals surface area contributed by atoms with E-state index >= 15 is 0 Å². The van der Waals surface area contributed by atoms with Crippen molar-refractivity contribution in [3.05, 3.63) is 0 Å². The second-order valence-electron chi connectivity index (χ2n) is 6.79. The molecule has 1 rings (SSSR count). The molecular formula is C15H31NOS. The summed E-state index contributed by atoms with van der Waals surface area (Å²) >= 11 is 0. The van der Waals surface area contributed by atoms with Crippen LogP contribution >= 0.6 is 0 Å². The average molecular weight is 273 g/mol. The molecule has 1 aliphatic rings. The number of nitrogens with one attached hydrogen (secondary N) is 1. The fourth-order valence-corrected chi connectivity index (χ4v) is 5.13. The van der Waals surface area contributed by atoms with Crippen LogP contribution in [0.1, 0.15) is 60.3 Å². The van der Waals surface area contributed by atoms with E-state index in [4.69, 9.17) is 0 Å². The largest absolute Gasteiger partial charge is 0.312 e. The van der Waals surface area contributed by atoms with Gasteiger partial charge in [0.25, 0.3) is 0 Å². The van der Waals surface area contributed by atoms with Crippen molar-refractivity contribution in [2.45, 2.75) is 71.6 Å². The molecule has 0 saturated heterocycles. The molecule has 3 unspecified atom stereocenters. The van der Waals surface area contributed by atoms with Crippen LogP contribution in [-0.4, -0.2) is 27.8 Å². The highest BCUT2D eigenvalue weighted by Gasteiger charge is 2.41. The third-order valence-electron chi connectivity index (χ3n) is 3.97. The van der Waals surface area contributed by atoms with Crippen molar-refractivity contribution >= 4 is 10.8 Å². The van der Waals surface area contributed by atoms with Crippen LogP contribution in [0.2, 0.25) is 0 Å². The van der Waals surface area contributed by atoms with Crippen molar-refractivity contribution in [2.24, 2.45) is 11.3 Å². The van der Waals surface area contributed by atoms with Gasteiger partial charge in [0.2, 0.25) is 0 Å². The third kappa shape index (κ3) is 4.34. The first-order chi connectivity index (χ1) is 8.38. The molecule has 108 valence electrons. The highest BCUT2D eigenvalue weighted by Crippen LogP contribution is 2.38. The summed E-state index contributed by atoms with van der Waals surface area (Å²) in [5.74, 6) is 1.38. The summed E-state index contributed by atoms with van der Waals surface area (Å²) < 4.78 is 12.5. The minimum Gasteiger partial charge on any atom is -0.312 e. The van der Waals surface area contributed by atoms with Gasteiger partial charge in [-0.1, -0.05) is 41.0 Å². The molecular weight excluding hydrogens is 242 g/mol. The Hall–Kier alpha value is 0.110. The Bertz CT molecular complexity index is 276. The Morgan fingerprint density at radius 3 is 2.61 bits per heavy atom. The maximum atomic E-state index is 12.5. The molecule has 0 aromatic carbocycles. The first kappa shape index (κ1) is 16.2. The van der Waals surface area contributed by atoms with Crippen LogP contribution in [-0.2, 0) is 10.8 Å². The molecule has 0 aromatic rings. The van der Waals surface area contributed by atoms with Gasteiger partial charge >= 0.3 is 0 Å².